The van der Waals surface area contributed by atoms with Crippen molar-refractivity contribution in [3.8, 4) is 11.5 Å². The number of anilines is 2. The van der Waals surface area contributed by atoms with Crippen molar-refractivity contribution in [1.82, 2.24) is 9.97 Å². The lowest BCUT2D eigenvalue weighted by Gasteiger charge is -2.27. The van der Waals surface area contributed by atoms with Crippen LogP contribution in [-0.4, -0.2) is 27.2 Å². The molecule has 0 aliphatic heterocycles. The number of hydrogen-bond donors (Lipinski definition) is 3. The number of unbranched alkanes of at least 4 members (excludes halogenated alkanes) is 1. The van der Waals surface area contributed by atoms with E-state index in [0.717, 1.165) is 37.9 Å². The Balaban J connectivity index is 1.69. The fourth-order valence-corrected chi connectivity index (χ4v) is 3.21. The van der Waals surface area contributed by atoms with Crippen LogP contribution >= 0.6 is 0 Å². The molecule has 1 aromatic heterocycles. The molecule has 0 bridgehead atoms. The summed E-state index contributed by atoms with van der Waals surface area (Å²) in [6, 6.07) is 8.40. The monoisotopic (exact) mass is 356 g/mol. The molecule has 0 atom stereocenters. The van der Waals surface area contributed by atoms with Crippen LogP contribution < -0.4 is 15.8 Å². The summed E-state index contributed by atoms with van der Waals surface area (Å²) in [5, 5.41) is 13.1. The van der Waals surface area contributed by atoms with Crippen molar-refractivity contribution in [1.29, 1.82) is 0 Å². The molecule has 1 aliphatic rings. The number of ether oxygens (including phenoxy) is 1. The number of nitrogens with two attached hydrogens (primary N) is 1. The van der Waals surface area contributed by atoms with Crippen LogP contribution in [0.1, 0.15) is 51.0 Å². The van der Waals surface area contributed by atoms with Gasteiger partial charge in [-0.25, -0.2) is 4.98 Å². The maximum absolute atomic E-state index is 9.66. The minimum Gasteiger partial charge on any atom is -0.452 e. The zero-order valence-corrected chi connectivity index (χ0v) is 15.3. The molecule has 1 aromatic carbocycles. The van der Waals surface area contributed by atoms with Crippen LogP contribution in [0.25, 0.3) is 0 Å². The maximum Gasteiger partial charge on any atom is 0.222 e. The molecule has 0 amide bonds. The number of rotatable bonds is 7. The summed E-state index contributed by atoms with van der Waals surface area (Å²) < 4.78 is 5.99. The number of nitrogens with zero attached hydrogens (tertiary/aromatic N) is 2. The van der Waals surface area contributed by atoms with Crippen molar-refractivity contribution in [2.45, 2.75) is 64.0 Å². The Labute approximate surface area is 154 Å². The van der Waals surface area contributed by atoms with E-state index in [2.05, 4.69) is 34.3 Å². The van der Waals surface area contributed by atoms with Gasteiger partial charge in [-0.1, -0.05) is 25.5 Å². The van der Waals surface area contributed by atoms with Gasteiger partial charge in [0.2, 0.25) is 5.95 Å². The first kappa shape index (κ1) is 18.5. The molecular formula is C20H28N4O2. The van der Waals surface area contributed by atoms with E-state index in [1.54, 1.807) is 6.20 Å². The van der Waals surface area contributed by atoms with Crippen LogP contribution in [0, 0.1) is 0 Å². The van der Waals surface area contributed by atoms with Gasteiger partial charge >= 0.3 is 0 Å². The highest BCUT2D eigenvalue weighted by Crippen LogP contribution is 2.30. The number of aryl methyl sites for hydroxylation is 1. The molecule has 1 fully saturated rings. The second kappa shape index (κ2) is 8.85. The SMILES string of the molecule is CCCCc1ccc(Oc2cnc(N)nc2N[C@H]2CC[C@H](O)CC2)cc1. The lowest BCUT2D eigenvalue weighted by atomic mass is 9.93. The van der Waals surface area contributed by atoms with Crippen LogP contribution in [0.15, 0.2) is 30.5 Å². The molecule has 26 heavy (non-hydrogen) atoms. The highest BCUT2D eigenvalue weighted by molar-refractivity contribution is 5.53. The summed E-state index contributed by atoms with van der Waals surface area (Å²) in [5.41, 5.74) is 7.07. The quantitative estimate of drug-likeness (QED) is 0.696. The predicted molar refractivity (Wildman–Crippen MR) is 103 cm³/mol. The number of aromatic nitrogens is 2. The van der Waals surface area contributed by atoms with Crippen LogP contribution in [0.3, 0.4) is 0 Å². The Bertz CT molecular complexity index is 697. The Morgan fingerprint density at radius 1 is 1.19 bits per heavy atom. The van der Waals surface area contributed by atoms with Gasteiger partial charge in [0.1, 0.15) is 5.75 Å². The zero-order valence-electron chi connectivity index (χ0n) is 15.3. The lowest BCUT2D eigenvalue weighted by molar-refractivity contribution is 0.126. The van der Waals surface area contributed by atoms with Gasteiger partial charge in [0.25, 0.3) is 0 Å². The van der Waals surface area contributed by atoms with Crippen molar-refractivity contribution >= 4 is 11.8 Å². The predicted octanol–water partition coefficient (Wildman–Crippen LogP) is 3.91. The van der Waals surface area contributed by atoms with E-state index < -0.39 is 0 Å². The summed E-state index contributed by atoms with van der Waals surface area (Å²) >= 11 is 0. The van der Waals surface area contributed by atoms with Crippen molar-refractivity contribution in [3.05, 3.63) is 36.0 Å². The van der Waals surface area contributed by atoms with Crippen LogP contribution in [0.4, 0.5) is 11.8 Å². The van der Waals surface area contributed by atoms with Gasteiger partial charge in [-0.05, 0) is 56.2 Å². The van der Waals surface area contributed by atoms with Crippen molar-refractivity contribution in [3.63, 3.8) is 0 Å². The number of nitrogens with one attached hydrogen (secondary N) is 1. The molecule has 140 valence electrons. The summed E-state index contributed by atoms with van der Waals surface area (Å²) in [5.74, 6) is 2.13. The largest absolute Gasteiger partial charge is 0.452 e. The Morgan fingerprint density at radius 3 is 2.62 bits per heavy atom. The number of benzene rings is 1. The molecule has 4 N–H and O–H groups in total. The molecular weight excluding hydrogens is 328 g/mol. The van der Waals surface area contributed by atoms with E-state index in [1.165, 1.54) is 18.4 Å². The second-order valence-electron chi connectivity index (χ2n) is 6.94. The van der Waals surface area contributed by atoms with E-state index in [9.17, 15) is 5.11 Å². The molecule has 1 heterocycles. The van der Waals surface area contributed by atoms with E-state index in [4.69, 9.17) is 10.5 Å². The molecule has 0 radical (unpaired) electrons. The molecule has 6 nitrogen and oxygen atoms in total. The Morgan fingerprint density at radius 2 is 1.92 bits per heavy atom. The molecule has 2 aromatic rings. The van der Waals surface area contributed by atoms with Gasteiger partial charge in [-0.2, -0.15) is 4.98 Å². The van der Waals surface area contributed by atoms with Gasteiger partial charge in [0, 0.05) is 6.04 Å². The van der Waals surface area contributed by atoms with Gasteiger partial charge in [-0.3, -0.25) is 0 Å². The first-order chi connectivity index (χ1) is 12.6. The molecule has 0 saturated heterocycles. The van der Waals surface area contributed by atoms with E-state index >= 15 is 0 Å². The molecule has 6 heteroatoms. The minimum absolute atomic E-state index is 0.189. The summed E-state index contributed by atoms with van der Waals surface area (Å²) in [6.45, 7) is 2.19. The molecule has 1 aliphatic carbocycles. The fourth-order valence-electron chi connectivity index (χ4n) is 3.21. The third-order valence-corrected chi connectivity index (χ3v) is 4.78. The standard InChI is InChI=1S/C20H28N4O2/c1-2-3-4-14-5-11-17(12-6-14)26-18-13-22-20(21)24-19(18)23-15-7-9-16(25)10-8-15/h5-6,11-13,15-16,25H,2-4,7-10H2,1H3,(H3,21,22,23,24)/t15-,16-. The molecule has 0 unspecified atom stereocenters. The zero-order chi connectivity index (χ0) is 18.4. The summed E-state index contributed by atoms with van der Waals surface area (Å²) in [7, 11) is 0. The minimum atomic E-state index is -0.189. The average Bonchev–Trinajstić information content (AvgIpc) is 2.65. The van der Waals surface area contributed by atoms with E-state index in [-0.39, 0.29) is 18.1 Å². The second-order valence-corrected chi connectivity index (χ2v) is 6.94. The van der Waals surface area contributed by atoms with Gasteiger partial charge in [0.15, 0.2) is 11.6 Å². The van der Waals surface area contributed by atoms with Gasteiger partial charge in [-0.15, -0.1) is 0 Å². The van der Waals surface area contributed by atoms with Crippen LogP contribution in [0.2, 0.25) is 0 Å². The number of aliphatic hydroxyl groups excluding tert-OH is 1. The number of hydrogen-bond acceptors (Lipinski definition) is 6. The lowest BCUT2D eigenvalue weighted by Crippen LogP contribution is -2.28. The highest BCUT2D eigenvalue weighted by atomic mass is 16.5. The first-order valence-corrected chi connectivity index (χ1v) is 9.48. The number of aliphatic hydroxyl groups is 1. The van der Waals surface area contributed by atoms with E-state index in [0.29, 0.717) is 11.6 Å². The van der Waals surface area contributed by atoms with Crippen LogP contribution in [-0.2, 0) is 6.42 Å². The topological polar surface area (TPSA) is 93.3 Å². The van der Waals surface area contributed by atoms with Gasteiger partial charge in [0.05, 0.1) is 12.3 Å². The highest BCUT2D eigenvalue weighted by Gasteiger charge is 2.21. The third-order valence-electron chi connectivity index (χ3n) is 4.78. The number of nitrogen functional groups attached to an aromatic ring is 1. The molecule has 1 saturated carbocycles. The van der Waals surface area contributed by atoms with E-state index in [1.807, 2.05) is 12.1 Å². The van der Waals surface area contributed by atoms with Crippen molar-refractivity contribution in [2.24, 2.45) is 0 Å². The summed E-state index contributed by atoms with van der Waals surface area (Å²) in [4.78, 5) is 8.37. The fraction of sp³-hybridized carbons (Fsp3) is 0.500. The van der Waals surface area contributed by atoms with Crippen molar-refractivity contribution in [2.75, 3.05) is 11.1 Å². The van der Waals surface area contributed by atoms with Crippen LogP contribution in [0.5, 0.6) is 11.5 Å². The maximum atomic E-state index is 9.66. The third kappa shape index (κ3) is 5.08. The van der Waals surface area contributed by atoms with Gasteiger partial charge < -0.3 is 20.9 Å². The Kier molecular flexibility index (Phi) is 6.28. The average molecular weight is 356 g/mol. The first-order valence-electron chi connectivity index (χ1n) is 9.48. The molecule has 3 rings (SSSR count). The Hall–Kier alpha value is -2.34. The smallest absolute Gasteiger partial charge is 0.222 e. The van der Waals surface area contributed by atoms with Crippen molar-refractivity contribution < 1.29 is 9.84 Å². The summed E-state index contributed by atoms with van der Waals surface area (Å²) in [6.07, 6.45) is 8.28. The molecule has 0 spiro atoms. The normalized spacial score (nSPS) is 19.9.